The van der Waals surface area contributed by atoms with E-state index in [1.165, 1.54) is 16.2 Å². The SMILES string of the molecule is Cc1sccc1N1C(=O)c2ccc(Cl)cc2C1=O. The maximum absolute atomic E-state index is 12.3. The Balaban J connectivity index is 2.16. The molecule has 0 unspecified atom stereocenters. The highest BCUT2D eigenvalue weighted by atomic mass is 35.5. The largest absolute Gasteiger partial charge is 0.268 e. The molecule has 0 spiro atoms. The molecule has 0 saturated heterocycles. The Morgan fingerprint density at radius 1 is 1.11 bits per heavy atom. The highest BCUT2D eigenvalue weighted by Crippen LogP contribution is 2.33. The van der Waals surface area contributed by atoms with Gasteiger partial charge in [-0.25, -0.2) is 4.90 Å². The van der Waals surface area contributed by atoms with Crippen LogP contribution in [0.15, 0.2) is 29.6 Å². The molecular formula is C13H8ClNO2S. The molecule has 0 bridgehead atoms. The molecule has 0 saturated carbocycles. The van der Waals surface area contributed by atoms with Crippen molar-refractivity contribution < 1.29 is 9.59 Å². The van der Waals surface area contributed by atoms with Crippen LogP contribution in [0.1, 0.15) is 25.6 Å². The van der Waals surface area contributed by atoms with E-state index in [-0.39, 0.29) is 11.8 Å². The molecule has 0 radical (unpaired) electrons. The van der Waals surface area contributed by atoms with Crippen molar-refractivity contribution in [2.24, 2.45) is 0 Å². The predicted molar refractivity (Wildman–Crippen MR) is 71.6 cm³/mol. The molecule has 2 aromatic rings. The van der Waals surface area contributed by atoms with Crippen LogP contribution in [-0.2, 0) is 0 Å². The molecular weight excluding hydrogens is 270 g/mol. The molecule has 3 rings (SSSR count). The second-order valence-corrected chi connectivity index (χ2v) is 5.55. The average molecular weight is 278 g/mol. The van der Waals surface area contributed by atoms with Gasteiger partial charge in [-0.2, -0.15) is 0 Å². The van der Waals surface area contributed by atoms with Gasteiger partial charge in [0.1, 0.15) is 0 Å². The summed E-state index contributed by atoms with van der Waals surface area (Å²) < 4.78 is 0. The van der Waals surface area contributed by atoms with Gasteiger partial charge in [0.2, 0.25) is 0 Å². The maximum Gasteiger partial charge on any atom is 0.266 e. The summed E-state index contributed by atoms with van der Waals surface area (Å²) in [6.45, 7) is 1.89. The van der Waals surface area contributed by atoms with Gasteiger partial charge in [-0.3, -0.25) is 9.59 Å². The summed E-state index contributed by atoms with van der Waals surface area (Å²) in [6, 6.07) is 6.54. The lowest BCUT2D eigenvalue weighted by atomic mass is 10.1. The Morgan fingerprint density at radius 2 is 1.83 bits per heavy atom. The van der Waals surface area contributed by atoms with Crippen LogP contribution >= 0.6 is 22.9 Å². The molecule has 18 heavy (non-hydrogen) atoms. The first-order valence-corrected chi connectivity index (χ1v) is 6.58. The standard InChI is InChI=1S/C13H8ClNO2S/c1-7-11(4-5-18-7)15-12(16)9-3-2-8(14)6-10(9)13(15)17/h2-6H,1H3. The third-order valence-electron chi connectivity index (χ3n) is 2.92. The van der Waals surface area contributed by atoms with Gasteiger partial charge in [0.25, 0.3) is 11.8 Å². The zero-order valence-electron chi connectivity index (χ0n) is 9.44. The number of anilines is 1. The van der Waals surface area contributed by atoms with Crippen molar-refractivity contribution in [3.8, 4) is 0 Å². The van der Waals surface area contributed by atoms with Gasteiger partial charge in [0.15, 0.2) is 0 Å². The summed E-state index contributed by atoms with van der Waals surface area (Å²) in [5.41, 5.74) is 1.44. The minimum Gasteiger partial charge on any atom is -0.268 e. The topological polar surface area (TPSA) is 37.4 Å². The van der Waals surface area contributed by atoms with E-state index in [1.807, 2.05) is 12.3 Å². The molecule has 0 fully saturated rings. The van der Waals surface area contributed by atoms with E-state index in [4.69, 9.17) is 11.6 Å². The van der Waals surface area contributed by atoms with E-state index in [0.717, 1.165) is 4.88 Å². The summed E-state index contributed by atoms with van der Waals surface area (Å²) in [6.07, 6.45) is 0. The monoisotopic (exact) mass is 277 g/mol. The summed E-state index contributed by atoms with van der Waals surface area (Å²) in [4.78, 5) is 26.7. The number of nitrogens with zero attached hydrogens (tertiary/aromatic N) is 1. The van der Waals surface area contributed by atoms with Gasteiger partial charge in [0.05, 0.1) is 16.8 Å². The summed E-state index contributed by atoms with van der Waals surface area (Å²) >= 11 is 7.37. The Kier molecular flexibility index (Phi) is 2.50. The maximum atomic E-state index is 12.3. The summed E-state index contributed by atoms with van der Waals surface area (Å²) in [5, 5.41) is 2.32. The highest BCUT2D eigenvalue weighted by molar-refractivity contribution is 7.10. The number of halogens is 1. The van der Waals surface area contributed by atoms with E-state index in [0.29, 0.717) is 21.8 Å². The number of fused-ring (bicyclic) bond motifs is 1. The van der Waals surface area contributed by atoms with Gasteiger partial charge in [-0.05, 0) is 36.6 Å². The van der Waals surface area contributed by atoms with Crippen LogP contribution in [0, 0.1) is 6.92 Å². The second-order valence-electron chi connectivity index (χ2n) is 4.00. The van der Waals surface area contributed by atoms with Gasteiger partial charge in [-0.15, -0.1) is 11.3 Å². The van der Waals surface area contributed by atoms with Gasteiger partial charge < -0.3 is 0 Å². The zero-order chi connectivity index (χ0) is 12.9. The molecule has 1 aromatic heterocycles. The number of imide groups is 1. The number of rotatable bonds is 1. The molecule has 2 amide bonds. The number of benzene rings is 1. The first-order chi connectivity index (χ1) is 8.59. The Morgan fingerprint density at radius 3 is 2.50 bits per heavy atom. The third kappa shape index (κ3) is 1.50. The van der Waals surface area contributed by atoms with Crippen LogP contribution in [0.25, 0.3) is 0 Å². The fraction of sp³-hybridized carbons (Fsp3) is 0.0769. The van der Waals surface area contributed by atoms with Gasteiger partial charge >= 0.3 is 0 Å². The minimum atomic E-state index is -0.306. The van der Waals surface area contributed by atoms with Gasteiger partial charge in [0, 0.05) is 9.90 Å². The lowest BCUT2D eigenvalue weighted by Crippen LogP contribution is -2.29. The van der Waals surface area contributed by atoms with Gasteiger partial charge in [-0.1, -0.05) is 11.6 Å². The number of hydrogen-bond acceptors (Lipinski definition) is 3. The van der Waals surface area contributed by atoms with Crippen molar-refractivity contribution in [2.45, 2.75) is 6.92 Å². The number of amides is 2. The molecule has 0 aliphatic carbocycles. The lowest BCUT2D eigenvalue weighted by molar-refractivity contribution is 0.0926. The summed E-state index contributed by atoms with van der Waals surface area (Å²) in [7, 11) is 0. The van der Waals surface area contributed by atoms with E-state index in [1.54, 1.807) is 24.3 Å². The molecule has 1 aliphatic rings. The van der Waals surface area contributed by atoms with Crippen LogP contribution < -0.4 is 4.90 Å². The van der Waals surface area contributed by atoms with Crippen molar-refractivity contribution >= 4 is 40.4 Å². The molecule has 0 atom stereocenters. The zero-order valence-corrected chi connectivity index (χ0v) is 11.0. The highest BCUT2D eigenvalue weighted by Gasteiger charge is 2.37. The number of carbonyl (C=O) groups is 2. The van der Waals surface area contributed by atoms with Crippen LogP contribution in [0.5, 0.6) is 0 Å². The second kappa shape index (κ2) is 3.93. The molecule has 2 heterocycles. The van der Waals surface area contributed by atoms with Crippen molar-refractivity contribution in [3.63, 3.8) is 0 Å². The first kappa shape index (κ1) is 11.4. The van der Waals surface area contributed by atoms with E-state index in [9.17, 15) is 9.59 Å². The lowest BCUT2D eigenvalue weighted by Gasteiger charge is -2.12. The van der Waals surface area contributed by atoms with Crippen molar-refractivity contribution in [1.29, 1.82) is 0 Å². The first-order valence-electron chi connectivity index (χ1n) is 5.32. The summed E-state index contributed by atoms with van der Waals surface area (Å²) in [5.74, 6) is -0.591. The number of aryl methyl sites for hydroxylation is 1. The van der Waals surface area contributed by atoms with E-state index < -0.39 is 0 Å². The Bertz CT molecular complexity index is 677. The van der Waals surface area contributed by atoms with E-state index in [2.05, 4.69) is 0 Å². The molecule has 90 valence electrons. The smallest absolute Gasteiger partial charge is 0.266 e. The third-order valence-corrected chi connectivity index (χ3v) is 3.99. The van der Waals surface area contributed by atoms with Crippen molar-refractivity contribution in [3.05, 3.63) is 50.7 Å². The number of thiophene rings is 1. The van der Waals surface area contributed by atoms with Crippen molar-refractivity contribution in [1.82, 2.24) is 0 Å². The molecule has 0 N–H and O–H groups in total. The van der Waals surface area contributed by atoms with Crippen LogP contribution in [0.3, 0.4) is 0 Å². The Hall–Kier alpha value is -1.65. The average Bonchev–Trinajstić information content (AvgIpc) is 2.84. The number of hydrogen-bond donors (Lipinski definition) is 0. The number of carbonyl (C=O) groups excluding carboxylic acids is 2. The molecule has 5 heteroatoms. The van der Waals surface area contributed by atoms with Crippen LogP contribution in [0.2, 0.25) is 5.02 Å². The minimum absolute atomic E-state index is 0.284. The molecule has 1 aromatic carbocycles. The van der Waals surface area contributed by atoms with Crippen molar-refractivity contribution in [2.75, 3.05) is 4.90 Å². The van der Waals surface area contributed by atoms with Crippen LogP contribution in [-0.4, -0.2) is 11.8 Å². The van der Waals surface area contributed by atoms with E-state index >= 15 is 0 Å². The normalized spacial score (nSPS) is 14.2. The Labute approximate surface area is 113 Å². The molecule has 1 aliphatic heterocycles. The predicted octanol–water partition coefficient (Wildman–Crippen LogP) is 3.51. The molecule has 3 nitrogen and oxygen atoms in total. The quantitative estimate of drug-likeness (QED) is 0.748. The fourth-order valence-electron chi connectivity index (χ4n) is 2.04. The fourth-order valence-corrected chi connectivity index (χ4v) is 2.90. The van der Waals surface area contributed by atoms with Crippen LogP contribution in [0.4, 0.5) is 5.69 Å².